The number of carbonyl (C=O) groups is 2. The molecule has 0 aliphatic carbocycles. The minimum absolute atomic E-state index is 0. The van der Waals surface area contributed by atoms with E-state index in [2.05, 4.69) is 5.32 Å². The van der Waals surface area contributed by atoms with E-state index >= 15 is 0 Å². The average Bonchev–Trinajstić information content (AvgIpc) is 2.06. The number of amides is 1. The highest BCUT2D eigenvalue weighted by molar-refractivity contribution is 5.88. The lowest BCUT2D eigenvalue weighted by molar-refractivity contribution is -0.105. The Hall–Kier alpha value is -1.31. The van der Waals surface area contributed by atoms with Crippen molar-refractivity contribution < 1.29 is 14.7 Å². The number of hydrogen-bond donors (Lipinski definition) is 2. The van der Waals surface area contributed by atoms with Gasteiger partial charge >= 0.3 is 5.97 Å². The molecule has 4 nitrogen and oxygen atoms in total. The van der Waals surface area contributed by atoms with Crippen LogP contribution in [0.4, 0.5) is 5.69 Å². The van der Waals surface area contributed by atoms with Crippen LogP contribution in [0.25, 0.3) is 0 Å². The molecule has 0 aliphatic rings. The summed E-state index contributed by atoms with van der Waals surface area (Å²) < 4.78 is 0. The standard InChI is InChI=1S/C8H7NO3.Al.3H/c10-5-9-7-3-1-6(2-4-7)8(11)12;;;;/h1-5H,(H,9,10)(H,11,12);;;;. The number of rotatable bonds is 3. The van der Waals surface area contributed by atoms with Crippen molar-refractivity contribution in [2.45, 2.75) is 0 Å². The molecule has 0 heterocycles. The highest BCUT2D eigenvalue weighted by Gasteiger charge is 2.00. The van der Waals surface area contributed by atoms with Gasteiger partial charge in [-0.3, -0.25) is 4.79 Å². The first-order chi connectivity index (χ1) is 5.74. The van der Waals surface area contributed by atoms with E-state index in [1.807, 2.05) is 0 Å². The highest BCUT2D eigenvalue weighted by Crippen LogP contribution is 2.07. The number of carbonyl (C=O) groups excluding carboxylic acids is 1. The van der Waals surface area contributed by atoms with E-state index in [4.69, 9.17) is 5.11 Å². The van der Waals surface area contributed by atoms with Gasteiger partial charge < -0.3 is 10.4 Å². The summed E-state index contributed by atoms with van der Waals surface area (Å²) in [7, 11) is 0. The van der Waals surface area contributed by atoms with Gasteiger partial charge in [-0.05, 0) is 24.3 Å². The number of aromatic carboxylic acids is 1. The Labute approximate surface area is 85.7 Å². The fourth-order valence-electron chi connectivity index (χ4n) is 0.777. The normalized spacial score (nSPS) is 8.31. The number of anilines is 1. The molecule has 5 heteroatoms. The molecule has 13 heavy (non-hydrogen) atoms. The lowest BCUT2D eigenvalue weighted by atomic mass is 10.2. The second-order valence-electron chi connectivity index (χ2n) is 2.14. The molecule has 0 unspecified atom stereocenters. The van der Waals surface area contributed by atoms with Gasteiger partial charge in [0.05, 0.1) is 5.56 Å². The Morgan fingerprint density at radius 2 is 1.85 bits per heavy atom. The van der Waals surface area contributed by atoms with Crippen LogP contribution < -0.4 is 5.32 Å². The summed E-state index contributed by atoms with van der Waals surface area (Å²) in [5.74, 6) is -0.979. The fourth-order valence-corrected chi connectivity index (χ4v) is 0.777. The number of benzene rings is 1. The zero-order valence-electron chi connectivity index (χ0n) is 6.15. The lowest BCUT2D eigenvalue weighted by Gasteiger charge is -1.97. The molecule has 0 aromatic heterocycles. The van der Waals surface area contributed by atoms with E-state index in [-0.39, 0.29) is 22.9 Å². The first kappa shape index (κ1) is 11.7. The monoisotopic (exact) mass is 195 g/mol. The highest BCUT2D eigenvalue weighted by atomic mass is 27.0. The second-order valence-corrected chi connectivity index (χ2v) is 2.14. The predicted molar refractivity (Wildman–Crippen MR) is 53.0 cm³/mol. The molecule has 0 fully saturated rings. The van der Waals surface area contributed by atoms with Crippen LogP contribution in [-0.2, 0) is 4.79 Å². The van der Waals surface area contributed by atoms with Crippen LogP contribution in [0, 0.1) is 0 Å². The van der Waals surface area contributed by atoms with E-state index in [1.54, 1.807) is 0 Å². The number of carboxylic acids is 1. The molecular formula is C8H10AlNO3. The number of carboxylic acid groups (broad SMARTS) is 1. The summed E-state index contributed by atoms with van der Waals surface area (Å²) >= 11 is 0. The van der Waals surface area contributed by atoms with Crippen molar-refractivity contribution in [1.82, 2.24) is 0 Å². The topological polar surface area (TPSA) is 66.4 Å². The zero-order valence-corrected chi connectivity index (χ0v) is 6.15. The number of hydrogen-bond acceptors (Lipinski definition) is 2. The van der Waals surface area contributed by atoms with Gasteiger partial charge in [0.2, 0.25) is 6.41 Å². The quantitative estimate of drug-likeness (QED) is 0.517. The second kappa shape index (κ2) is 5.36. The largest absolute Gasteiger partial charge is 0.478 e. The van der Waals surface area contributed by atoms with Crippen molar-refractivity contribution in [3.63, 3.8) is 0 Å². The molecule has 0 bridgehead atoms. The van der Waals surface area contributed by atoms with Crippen LogP contribution in [0.3, 0.4) is 0 Å². The average molecular weight is 195 g/mol. The van der Waals surface area contributed by atoms with Crippen molar-refractivity contribution in [1.29, 1.82) is 0 Å². The molecule has 1 aromatic rings. The molecular weight excluding hydrogens is 185 g/mol. The van der Waals surface area contributed by atoms with Crippen LogP contribution >= 0.6 is 0 Å². The molecule has 0 saturated heterocycles. The predicted octanol–water partition coefficient (Wildman–Crippen LogP) is -0.231. The molecule has 0 aliphatic heterocycles. The molecule has 1 amide bonds. The van der Waals surface area contributed by atoms with Crippen LogP contribution in [0.15, 0.2) is 24.3 Å². The zero-order chi connectivity index (χ0) is 8.97. The van der Waals surface area contributed by atoms with Crippen molar-refractivity contribution in [2.75, 3.05) is 5.32 Å². The van der Waals surface area contributed by atoms with Gasteiger partial charge in [0.25, 0.3) is 0 Å². The summed E-state index contributed by atoms with van der Waals surface area (Å²) in [4.78, 5) is 20.3. The molecule has 0 saturated carbocycles. The van der Waals surface area contributed by atoms with E-state index in [9.17, 15) is 9.59 Å². The fraction of sp³-hybridized carbons (Fsp3) is 0. The Morgan fingerprint density at radius 1 is 1.31 bits per heavy atom. The van der Waals surface area contributed by atoms with Crippen LogP contribution in [0.2, 0.25) is 0 Å². The maximum absolute atomic E-state index is 10.4. The summed E-state index contributed by atoms with van der Waals surface area (Å²) in [5.41, 5.74) is 0.779. The van der Waals surface area contributed by atoms with Crippen molar-refractivity contribution in [2.24, 2.45) is 0 Å². The summed E-state index contributed by atoms with van der Waals surface area (Å²) in [6.45, 7) is 0. The van der Waals surface area contributed by atoms with Gasteiger partial charge in [-0.1, -0.05) is 0 Å². The molecule has 0 radical (unpaired) electrons. The molecule has 1 aromatic carbocycles. The summed E-state index contributed by atoms with van der Waals surface area (Å²) in [6.07, 6.45) is 0.537. The van der Waals surface area contributed by atoms with Gasteiger partial charge in [0.15, 0.2) is 17.4 Å². The maximum atomic E-state index is 10.4. The van der Waals surface area contributed by atoms with Gasteiger partial charge in [0, 0.05) is 5.69 Å². The minimum Gasteiger partial charge on any atom is -0.478 e. The Balaban J connectivity index is 0.00000144. The Morgan fingerprint density at radius 3 is 2.23 bits per heavy atom. The van der Waals surface area contributed by atoms with E-state index in [0.29, 0.717) is 12.1 Å². The molecule has 68 valence electrons. The minimum atomic E-state index is -0.979. The molecule has 2 N–H and O–H groups in total. The van der Waals surface area contributed by atoms with Gasteiger partial charge in [-0.2, -0.15) is 0 Å². The first-order valence-electron chi connectivity index (χ1n) is 3.27. The summed E-state index contributed by atoms with van der Waals surface area (Å²) in [6, 6.07) is 5.90. The van der Waals surface area contributed by atoms with E-state index in [0.717, 1.165) is 0 Å². The third-order valence-electron chi connectivity index (χ3n) is 1.36. The first-order valence-corrected chi connectivity index (χ1v) is 3.27. The van der Waals surface area contributed by atoms with Crippen molar-refractivity contribution in [3.05, 3.63) is 29.8 Å². The van der Waals surface area contributed by atoms with Crippen LogP contribution in [0.1, 0.15) is 10.4 Å². The van der Waals surface area contributed by atoms with E-state index in [1.165, 1.54) is 24.3 Å². The van der Waals surface area contributed by atoms with Crippen LogP contribution in [-0.4, -0.2) is 34.8 Å². The van der Waals surface area contributed by atoms with Crippen molar-refractivity contribution >= 4 is 35.4 Å². The lowest BCUT2D eigenvalue weighted by Crippen LogP contribution is -1.97. The number of nitrogens with one attached hydrogen (secondary N) is 1. The SMILES string of the molecule is O=CNc1ccc(C(=O)O)cc1.[AlH3]. The maximum Gasteiger partial charge on any atom is 0.335 e. The smallest absolute Gasteiger partial charge is 0.335 e. The Bertz CT molecular complexity index is 297. The van der Waals surface area contributed by atoms with E-state index < -0.39 is 5.97 Å². The summed E-state index contributed by atoms with van der Waals surface area (Å²) in [5, 5.41) is 10.9. The van der Waals surface area contributed by atoms with Crippen LogP contribution in [0.5, 0.6) is 0 Å². The third kappa shape index (κ3) is 3.28. The Kier molecular flexibility index (Phi) is 4.82. The third-order valence-corrected chi connectivity index (χ3v) is 1.36. The molecule has 1 rings (SSSR count). The molecule has 0 spiro atoms. The van der Waals surface area contributed by atoms with Gasteiger partial charge in [-0.15, -0.1) is 0 Å². The van der Waals surface area contributed by atoms with Crippen molar-refractivity contribution in [3.8, 4) is 0 Å². The van der Waals surface area contributed by atoms with Gasteiger partial charge in [0.1, 0.15) is 0 Å². The van der Waals surface area contributed by atoms with Gasteiger partial charge in [-0.25, -0.2) is 4.79 Å². The molecule has 0 atom stereocenters.